The van der Waals surface area contributed by atoms with Crippen LogP contribution in [0.25, 0.3) is 0 Å². The van der Waals surface area contributed by atoms with Gasteiger partial charge in [-0.2, -0.15) is 0 Å². The molecule has 1 atom stereocenters. The summed E-state index contributed by atoms with van der Waals surface area (Å²) in [5.74, 6) is 0.742. The molecule has 0 aromatic carbocycles. The Balaban J connectivity index is 2.85. The zero-order valence-corrected chi connectivity index (χ0v) is 9.05. The molecule has 76 valence electrons. The summed E-state index contributed by atoms with van der Waals surface area (Å²) in [6, 6.07) is 0. The third-order valence-corrected chi connectivity index (χ3v) is 2.88. The Labute approximate surface area is 80.6 Å². The van der Waals surface area contributed by atoms with Gasteiger partial charge in [0.05, 0.1) is 6.61 Å². The molecule has 0 fully saturated rings. The Morgan fingerprint density at radius 2 is 1.92 bits per heavy atom. The summed E-state index contributed by atoms with van der Waals surface area (Å²) in [6.07, 6.45) is 4.08. The van der Waals surface area contributed by atoms with E-state index < -0.39 is 5.60 Å². The van der Waals surface area contributed by atoms with Crippen LogP contribution in [0.2, 0.25) is 0 Å². The van der Waals surface area contributed by atoms with Crippen LogP contribution in [0.15, 0.2) is 11.8 Å². The van der Waals surface area contributed by atoms with Crippen molar-refractivity contribution in [3.63, 3.8) is 0 Å². The molecular weight excluding hydrogens is 164 g/mol. The van der Waals surface area contributed by atoms with Crippen molar-refractivity contribution in [1.29, 1.82) is 0 Å². The van der Waals surface area contributed by atoms with Gasteiger partial charge in [0.25, 0.3) is 0 Å². The largest absolute Gasteiger partial charge is 0.495 e. The first-order valence-electron chi connectivity index (χ1n) is 4.91. The lowest BCUT2D eigenvalue weighted by Crippen LogP contribution is -2.43. The lowest BCUT2D eigenvalue weighted by atomic mass is 9.76. The van der Waals surface area contributed by atoms with Gasteiger partial charge in [-0.1, -0.05) is 20.8 Å². The number of rotatable bonds is 1. The third-order valence-electron chi connectivity index (χ3n) is 2.88. The van der Waals surface area contributed by atoms with Gasteiger partial charge in [0.2, 0.25) is 0 Å². The molecule has 0 aromatic heterocycles. The van der Waals surface area contributed by atoms with Gasteiger partial charge in [0.1, 0.15) is 11.4 Å². The van der Waals surface area contributed by atoms with Crippen LogP contribution in [-0.2, 0) is 4.74 Å². The molecule has 1 heterocycles. The molecule has 2 nitrogen and oxygen atoms in total. The van der Waals surface area contributed by atoms with Gasteiger partial charge in [0.15, 0.2) is 0 Å². The molecule has 1 N–H and O–H groups in total. The predicted octanol–water partition coefficient (Wildman–Crippen LogP) is 2.48. The van der Waals surface area contributed by atoms with Crippen LogP contribution in [0, 0.1) is 5.41 Å². The molecule has 0 amide bonds. The molecule has 0 bridgehead atoms. The highest BCUT2D eigenvalue weighted by atomic mass is 16.5. The van der Waals surface area contributed by atoms with Crippen molar-refractivity contribution in [3.05, 3.63) is 11.8 Å². The summed E-state index contributed by atoms with van der Waals surface area (Å²) >= 11 is 0. The molecule has 1 unspecified atom stereocenters. The average molecular weight is 184 g/mol. The Hall–Kier alpha value is -0.500. The van der Waals surface area contributed by atoms with Gasteiger partial charge in [-0.25, -0.2) is 0 Å². The summed E-state index contributed by atoms with van der Waals surface area (Å²) in [4.78, 5) is 0. The predicted molar refractivity (Wildman–Crippen MR) is 53.3 cm³/mol. The smallest absolute Gasteiger partial charge is 0.124 e. The van der Waals surface area contributed by atoms with E-state index in [2.05, 4.69) is 0 Å². The summed E-state index contributed by atoms with van der Waals surface area (Å²) in [6.45, 7) is 8.62. The lowest BCUT2D eigenvalue weighted by Gasteiger charge is -2.39. The Morgan fingerprint density at radius 1 is 1.31 bits per heavy atom. The van der Waals surface area contributed by atoms with Crippen LogP contribution in [0.1, 0.15) is 40.5 Å². The molecule has 0 aliphatic carbocycles. The van der Waals surface area contributed by atoms with Gasteiger partial charge >= 0.3 is 0 Å². The minimum absolute atomic E-state index is 0.184. The lowest BCUT2D eigenvalue weighted by molar-refractivity contribution is -0.0576. The molecule has 0 saturated heterocycles. The SMILES string of the molecule is CC(C)(C)C(C)(O)C1=CCCCO1. The summed E-state index contributed by atoms with van der Waals surface area (Å²) in [5, 5.41) is 10.3. The van der Waals surface area contributed by atoms with Crippen molar-refractivity contribution in [3.8, 4) is 0 Å². The van der Waals surface area contributed by atoms with Crippen molar-refractivity contribution in [2.45, 2.75) is 46.1 Å². The van der Waals surface area contributed by atoms with Crippen LogP contribution in [0.4, 0.5) is 0 Å². The molecule has 0 radical (unpaired) electrons. The highest BCUT2D eigenvalue weighted by molar-refractivity contribution is 5.14. The Morgan fingerprint density at radius 3 is 2.31 bits per heavy atom. The van der Waals surface area contributed by atoms with Crippen molar-refractivity contribution >= 4 is 0 Å². The van der Waals surface area contributed by atoms with Gasteiger partial charge in [0, 0.05) is 0 Å². The summed E-state index contributed by atoms with van der Waals surface area (Å²) < 4.78 is 5.48. The van der Waals surface area contributed by atoms with Crippen molar-refractivity contribution in [1.82, 2.24) is 0 Å². The number of ether oxygens (including phenoxy) is 1. The maximum absolute atomic E-state index is 10.3. The fourth-order valence-electron chi connectivity index (χ4n) is 1.27. The zero-order valence-electron chi connectivity index (χ0n) is 9.05. The summed E-state index contributed by atoms with van der Waals surface area (Å²) in [7, 11) is 0. The van der Waals surface area contributed by atoms with Gasteiger partial charge in [-0.3, -0.25) is 0 Å². The zero-order chi connectivity index (χ0) is 10.1. The summed E-state index contributed by atoms with van der Waals surface area (Å²) in [5.41, 5.74) is -1.04. The van der Waals surface area contributed by atoms with Crippen LogP contribution >= 0.6 is 0 Å². The fraction of sp³-hybridized carbons (Fsp3) is 0.818. The van der Waals surface area contributed by atoms with Gasteiger partial charge in [-0.15, -0.1) is 0 Å². The highest BCUT2D eigenvalue weighted by Gasteiger charge is 2.40. The number of hydrogen-bond acceptors (Lipinski definition) is 2. The second-order valence-electron chi connectivity index (χ2n) is 4.88. The van der Waals surface area contributed by atoms with E-state index >= 15 is 0 Å². The maximum atomic E-state index is 10.3. The fourth-order valence-corrected chi connectivity index (χ4v) is 1.27. The number of hydrogen-bond donors (Lipinski definition) is 1. The Bertz CT molecular complexity index is 209. The minimum Gasteiger partial charge on any atom is -0.495 e. The maximum Gasteiger partial charge on any atom is 0.124 e. The normalized spacial score (nSPS) is 23.0. The van der Waals surface area contributed by atoms with E-state index in [0.717, 1.165) is 25.2 Å². The topological polar surface area (TPSA) is 29.5 Å². The molecule has 1 aliphatic heterocycles. The highest BCUT2D eigenvalue weighted by Crippen LogP contribution is 2.37. The number of aliphatic hydroxyl groups is 1. The first-order valence-corrected chi connectivity index (χ1v) is 4.91. The first-order chi connectivity index (χ1) is 5.86. The van der Waals surface area contributed by atoms with E-state index in [0.29, 0.717) is 0 Å². The first kappa shape index (κ1) is 10.6. The molecule has 0 spiro atoms. The van der Waals surface area contributed by atoms with E-state index in [1.54, 1.807) is 0 Å². The van der Waals surface area contributed by atoms with Gasteiger partial charge in [-0.05, 0) is 31.3 Å². The second-order valence-corrected chi connectivity index (χ2v) is 4.88. The quantitative estimate of drug-likeness (QED) is 0.678. The van der Waals surface area contributed by atoms with E-state index in [1.807, 2.05) is 33.8 Å². The molecule has 2 heteroatoms. The van der Waals surface area contributed by atoms with Crippen molar-refractivity contribution in [2.75, 3.05) is 6.61 Å². The molecule has 13 heavy (non-hydrogen) atoms. The van der Waals surface area contributed by atoms with Crippen LogP contribution < -0.4 is 0 Å². The third kappa shape index (κ3) is 2.05. The molecule has 1 rings (SSSR count). The molecule has 0 aromatic rings. The standard InChI is InChI=1S/C11H20O2/c1-10(2,3)11(4,12)9-7-5-6-8-13-9/h7,12H,5-6,8H2,1-4H3. The average Bonchev–Trinajstić information content (AvgIpc) is 2.04. The van der Waals surface area contributed by atoms with Crippen LogP contribution in [-0.4, -0.2) is 17.3 Å². The van der Waals surface area contributed by atoms with Gasteiger partial charge < -0.3 is 9.84 Å². The molecule has 1 aliphatic rings. The second kappa shape index (κ2) is 3.33. The Kier molecular flexibility index (Phi) is 2.71. The van der Waals surface area contributed by atoms with Crippen molar-refractivity contribution in [2.24, 2.45) is 5.41 Å². The van der Waals surface area contributed by atoms with E-state index in [9.17, 15) is 5.11 Å². The van der Waals surface area contributed by atoms with Crippen LogP contribution in [0.3, 0.4) is 0 Å². The molecular formula is C11H20O2. The van der Waals surface area contributed by atoms with E-state index in [-0.39, 0.29) is 5.41 Å². The van der Waals surface area contributed by atoms with E-state index in [4.69, 9.17) is 4.74 Å². The van der Waals surface area contributed by atoms with E-state index in [1.165, 1.54) is 0 Å². The number of allylic oxidation sites excluding steroid dienone is 1. The van der Waals surface area contributed by atoms with Crippen molar-refractivity contribution < 1.29 is 9.84 Å². The van der Waals surface area contributed by atoms with Crippen LogP contribution in [0.5, 0.6) is 0 Å². The monoisotopic (exact) mass is 184 g/mol. The minimum atomic E-state index is -0.854. The molecule has 0 saturated carbocycles.